The van der Waals surface area contributed by atoms with Gasteiger partial charge in [-0.1, -0.05) is 42.8 Å². The maximum Gasteiger partial charge on any atom is 0.246 e. The van der Waals surface area contributed by atoms with E-state index in [0.717, 1.165) is 12.8 Å². The number of aromatic nitrogens is 2. The highest BCUT2D eigenvalue weighted by molar-refractivity contribution is 5.85. The summed E-state index contributed by atoms with van der Waals surface area (Å²) in [5, 5.41) is 4.04. The van der Waals surface area contributed by atoms with Crippen LogP contribution in [0.5, 0.6) is 0 Å². The van der Waals surface area contributed by atoms with E-state index in [9.17, 15) is 0 Å². The van der Waals surface area contributed by atoms with Gasteiger partial charge in [-0.05, 0) is 31.4 Å². The molecule has 110 valence electrons. The molecule has 1 aromatic carbocycles. The van der Waals surface area contributed by atoms with E-state index in [1.165, 1.54) is 11.1 Å². The molecule has 0 fully saturated rings. The predicted octanol–water partition coefficient (Wildman–Crippen LogP) is 3.36. The fourth-order valence-corrected chi connectivity index (χ4v) is 2.16. The van der Waals surface area contributed by atoms with E-state index >= 15 is 0 Å². The molecule has 1 unspecified atom stereocenters. The van der Waals surface area contributed by atoms with Gasteiger partial charge in [-0.15, -0.1) is 12.4 Å². The Morgan fingerprint density at radius 2 is 2.00 bits per heavy atom. The molecule has 0 saturated heterocycles. The van der Waals surface area contributed by atoms with Crippen molar-refractivity contribution in [1.82, 2.24) is 10.1 Å². The van der Waals surface area contributed by atoms with Gasteiger partial charge >= 0.3 is 0 Å². The summed E-state index contributed by atoms with van der Waals surface area (Å²) in [6.07, 6.45) is 2.50. The number of hydrogen-bond acceptors (Lipinski definition) is 4. The van der Waals surface area contributed by atoms with Gasteiger partial charge in [0.15, 0.2) is 5.82 Å². The van der Waals surface area contributed by atoms with Gasteiger partial charge in [0.1, 0.15) is 0 Å². The summed E-state index contributed by atoms with van der Waals surface area (Å²) >= 11 is 0. The Balaban J connectivity index is 0.00000200. The number of hydrogen-bond donors (Lipinski definition) is 1. The van der Waals surface area contributed by atoms with E-state index in [0.29, 0.717) is 18.1 Å². The van der Waals surface area contributed by atoms with E-state index in [2.05, 4.69) is 36.1 Å². The summed E-state index contributed by atoms with van der Waals surface area (Å²) in [7, 11) is 0. The molecule has 2 N–H and O–H groups in total. The zero-order valence-electron chi connectivity index (χ0n) is 12.2. The minimum atomic E-state index is -0.536. The first kappa shape index (κ1) is 16.7. The summed E-state index contributed by atoms with van der Waals surface area (Å²) in [5.41, 5.74) is 8.10. The van der Waals surface area contributed by atoms with E-state index in [1.807, 2.05) is 19.1 Å². The molecule has 1 aromatic heterocycles. The normalized spacial score (nSPS) is 13.6. The zero-order valence-corrected chi connectivity index (χ0v) is 13.0. The molecule has 2 aromatic rings. The largest absolute Gasteiger partial charge is 0.337 e. The Hall–Kier alpha value is -1.39. The molecule has 0 radical (unpaired) electrons. The molecule has 0 amide bonds. The third kappa shape index (κ3) is 3.81. The molecule has 0 aliphatic rings. The highest BCUT2D eigenvalue weighted by Crippen LogP contribution is 2.22. The van der Waals surface area contributed by atoms with Gasteiger partial charge in [0.2, 0.25) is 5.89 Å². The topological polar surface area (TPSA) is 64.9 Å². The second-order valence-electron chi connectivity index (χ2n) is 5.29. The van der Waals surface area contributed by atoms with Crippen molar-refractivity contribution in [3.63, 3.8) is 0 Å². The molecule has 4 nitrogen and oxygen atoms in total. The lowest BCUT2D eigenvalue weighted by Crippen LogP contribution is -2.33. The molecule has 20 heavy (non-hydrogen) atoms. The maximum absolute atomic E-state index is 6.19. The van der Waals surface area contributed by atoms with Crippen LogP contribution >= 0.6 is 12.4 Å². The standard InChI is InChI=1S/C15H21N3O.ClH/c1-4-9-15(3,16)14-17-13(18-19-14)10-12-8-6-5-7-11(12)2;/h5-8H,4,9-10,16H2,1-3H3;1H. The van der Waals surface area contributed by atoms with Crippen molar-refractivity contribution in [3.8, 4) is 0 Å². The van der Waals surface area contributed by atoms with Crippen molar-refractivity contribution in [2.75, 3.05) is 0 Å². The molecule has 0 saturated carbocycles. The lowest BCUT2D eigenvalue weighted by molar-refractivity contribution is 0.282. The van der Waals surface area contributed by atoms with Crippen LogP contribution in [0.25, 0.3) is 0 Å². The van der Waals surface area contributed by atoms with Crippen molar-refractivity contribution >= 4 is 12.4 Å². The zero-order chi connectivity index (χ0) is 13.9. The number of halogens is 1. The van der Waals surface area contributed by atoms with Crippen LogP contribution in [0, 0.1) is 6.92 Å². The minimum absolute atomic E-state index is 0. The van der Waals surface area contributed by atoms with E-state index in [1.54, 1.807) is 0 Å². The van der Waals surface area contributed by atoms with Crippen LogP contribution in [0.1, 0.15) is 49.5 Å². The number of rotatable bonds is 5. The molecule has 5 heteroatoms. The van der Waals surface area contributed by atoms with Crippen LogP contribution in [-0.2, 0) is 12.0 Å². The van der Waals surface area contributed by atoms with Gasteiger partial charge in [0.25, 0.3) is 0 Å². The van der Waals surface area contributed by atoms with Gasteiger partial charge in [-0.3, -0.25) is 0 Å². The average Bonchev–Trinajstić information content (AvgIpc) is 2.81. The van der Waals surface area contributed by atoms with Gasteiger partial charge in [0.05, 0.1) is 5.54 Å². The highest BCUT2D eigenvalue weighted by atomic mass is 35.5. The van der Waals surface area contributed by atoms with E-state index < -0.39 is 5.54 Å². The average molecular weight is 296 g/mol. The fourth-order valence-electron chi connectivity index (χ4n) is 2.16. The molecule has 0 aliphatic heterocycles. The summed E-state index contributed by atoms with van der Waals surface area (Å²) in [6, 6.07) is 8.21. The molecule has 0 aliphatic carbocycles. The van der Waals surface area contributed by atoms with Crippen LogP contribution in [0.4, 0.5) is 0 Å². The first-order chi connectivity index (χ1) is 9.03. The summed E-state index contributed by atoms with van der Waals surface area (Å²) in [4.78, 5) is 4.43. The number of aryl methyl sites for hydroxylation is 1. The van der Waals surface area contributed by atoms with Gasteiger partial charge < -0.3 is 10.3 Å². The number of nitrogens with zero attached hydrogens (tertiary/aromatic N) is 2. The Morgan fingerprint density at radius 3 is 2.65 bits per heavy atom. The lowest BCUT2D eigenvalue weighted by atomic mass is 9.98. The Morgan fingerprint density at radius 1 is 1.30 bits per heavy atom. The van der Waals surface area contributed by atoms with Crippen molar-refractivity contribution in [1.29, 1.82) is 0 Å². The SMILES string of the molecule is CCCC(C)(N)c1nc(Cc2ccccc2C)no1.Cl. The Bertz CT molecular complexity index is 552. The van der Waals surface area contributed by atoms with Gasteiger partial charge in [-0.25, -0.2) is 0 Å². The quantitative estimate of drug-likeness (QED) is 0.918. The van der Waals surface area contributed by atoms with Crippen LogP contribution in [0.2, 0.25) is 0 Å². The second kappa shape index (κ2) is 6.86. The Kier molecular flexibility index (Phi) is 5.72. The van der Waals surface area contributed by atoms with Crippen molar-refractivity contribution in [2.24, 2.45) is 5.73 Å². The monoisotopic (exact) mass is 295 g/mol. The van der Waals surface area contributed by atoms with E-state index in [-0.39, 0.29) is 12.4 Å². The van der Waals surface area contributed by atoms with Crippen LogP contribution in [-0.4, -0.2) is 10.1 Å². The van der Waals surface area contributed by atoms with E-state index in [4.69, 9.17) is 10.3 Å². The molecular weight excluding hydrogens is 274 g/mol. The lowest BCUT2D eigenvalue weighted by Gasteiger charge is -2.18. The van der Waals surface area contributed by atoms with Crippen LogP contribution in [0.3, 0.4) is 0 Å². The molecule has 2 rings (SSSR count). The molecule has 0 bridgehead atoms. The maximum atomic E-state index is 6.19. The Labute approximate surface area is 126 Å². The molecule has 1 atom stereocenters. The third-order valence-electron chi connectivity index (χ3n) is 3.34. The number of benzene rings is 1. The van der Waals surface area contributed by atoms with Gasteiger partial charge in [0, 0.05) is 6.42 Å². The molecule has 1 heterocycles. The van der Waals surface area contributed by atoms with Crippen molar-refractivity contribution < 1.29 is 4.52 Å². The summed E-state index contributed by atoms with van der Waals surface area (Å²) in [6.45, 7) is 6.11. The van der Waals surface area contributed by atoms with Crippen LogP contribution < -0.4 is 5.73 Å². The predicted molar refractivity (Wildman–Crippen MR) is 82.0 cm³/mol. The first-order valence-electron chi connectivity index (χ1n) is 6.69. The van der Waals surface area contributed by atoms with Crippen molar-refractivity contribution in [3.05, 3.63) is 47.1 Å². The van der Waals surface area contributed by atoms with Crippen molar-refractivity contribution in [2.45, 2.75) is 45.6 Å². The smallest absolute Gasteiger partial charge is 0.246 e. The minimum Gasteiger partial charge on any atom is -0.337 e. The third-order valence-corrected chi connectivity index (χ3v) is 3.34. The van der Waals surface area contributed by atoms with Crippen LogP contribution in [0.15, 0.2) is 28.8 Å². The summed E-state index contributed by atoms with van der Waals surface area (Å²) < 4.78 is 5.31. The number of nitrogens with two attached hydrogens (primary N) is 1. The summed E-state index contributed by atoms with van der Waals surface area (Å²) in [5.74, 6) is 1.22. The molecule has 0 spiro atoms. The van der Waals surface area contributed by atoms with Gasteiger partial charge in [-0.2, -0.15) is 4.98 Å². The first-order valence-corrected chi connectivity index (χ1v) is 6.69. The second-order valence-corrected chi connectivity index (χ2v) is 5.29. The highest BCUT2D eigenvalue weighted by Gasteiger charge is 2.27. The fraction of sp³-hybridized carbons (Fsp3) is 0.467. The molecular formula is C15H22ClN3O.